The lowest BCUT2D eigenvalue weighted by atomic mass is 10.00. The van der Waals surface area contributed by atoms with E-state index in [4.69, 9.17) is 27.9 Å². The first kappa shape index (κ1) is 15.1. The van der Waals surface area contributed by atoms with Crippen molar-refractivity contribution < 1.29 is 14.2 Å². The van der Waals surface area contributed by atoms with Crippen LogP contribution in [0.1, 0.15) is 17.2 Å². The van der Waals surface area contributed by atoms with Crippen molar-refractivity contribution >= 4 is 23.2 Å². The molecule has 0 saturated heterocycles. The number of hydrogen-bond acceptors (Lipinski definition) is 2. The van der Waals surface area contributed by atoms with Gasteiger partial charge in [-0.25, -0.2) is 4.39 Å². The van der Waals surface area contributed by atoms with Crippen molar-refractivity contribution in [3.05, 3.63) is 63.4 Å². The summed E-state index contributed by atoms with van der Waals surface area (Å²) in [5, 5.41) is 10.9. The van der Waals surface area contributed by atoms with Crippen LogP contribution in [0.25, 0.3) is 0 Å². The van der Waals surface area contributed by atoms with Crippen LogP contribution in [0.3, 0.4) is 0 Å². The van der Waals surface area contributed by atoms with E-state index in [0.717, 1.165) is 0 Å². The Labute approximate surface area is 126 Å². The van der Waals surface area contributed by atoms with Crippen LogP contribution >= 0.6 is 23.2 Å². The van der Waals surface area contributed by atoms with Crippen molar-refractivity contribution in [2.24, 2.45) is 0 Å². The molecular formula is C15H13Cl2FO2. The van der Waals surface area contributed by atoms with E-state index in [-0.39, 0.29) is 17.0 Å². The van der Waals surface area contributed by atoms with Crippen molar-refractivity contribution in [3.8, 4) is 5.75 Å². The fourth-order valence-electron chi connectivity index (χ4n) is 2.05. The van der Waals surface area contributed by atoms with Gasteiger partial charge in [0, 0.05) is 22.0 Å². The molecule has 0 saturated carbocycles. The number of methoxy groups -OCH3 is 1. The van der Waals surface area contributed by atoms with Crippen LogP contribution < -0.4 is 4.74 Å². The maximum absolute atomic E-state index is 13.8. The van der Waals surface area contributed by atoms with Gasteiger partial charge in [-0.05, 0) is 35.9 Å². The highest BCUT2D eigenvalue weighted by Gasteiger charge is 2.18. The summed E-state index contributed by atoms with van der Waals surface area (Å²) in [7, 11) is 1.52. The quantitative estimate of drug-likeness (QED) is 0.905. The highest BCUT2D eigenvalue weighted by atomic mass is 35.5. The van der Waals surface area contributed by atoms with Gasteiger partial charge in [0.15, 0.2) is 0 Å². The SMILES string of the molecule is COc1ccc(Cl)cc1CC(O)c1c(F)cccc1Cl. The summed E-state index contributed by atoms with van der Waals surface area (Å²) in [6.07, 6.45) is -0.916. The molecule has 1 atom stereocenters. The average molecular weight is 315 g/mol. The molecule has 0 aliphatic heterocycles. The average Bonchev–Trinajstić information content (AvgIpc) is 2.38. The van der Waals surface area contributed by atoms with Gasteiger partial charge in [-0.2, -0.15) is 0 Å². The summed E-state index contributed by atoms with van der Waals surface area (Å²) < 4.78 is 19.0. The summed E-state index contributed by atoms with van der Waals surface area (Å²) in [5.74, 6) is 0.0481. The minimum Gasteiger partial charge on any atom is -0.496 e. The fourth-order valence-corrected chi connectivity index (χ4v) is 2.53. The zero-order chi connectivity index (χ0) is 14.7. The lowest BCUT2D eigenvalue weighted by molar-refractivity contribution is 0.172. The first-order chi connectivity index (χ1) is 9.52. The van der Waals surface area contributed by atoms with E-state index in [1.807, 2.05) is 0 Å². The normalized spacial score (nSPS) is 12.2. The first-order valence-electron chi connectivity index (χ1n) is 5.97. The highest BCUT2D eigenvalue weighted by Crippen LogP contribution is 2.31. The van der Waals surface area contributed by atoms with Crippen LogP contribution in [0, 0.1) is 5.82 Å². The zero-order valence-electron chi connectivity index (χ0n) is 10.7. The van der Waals surface area contributed by atoms with Gasteiger partial charge in [0.1, 0.15) is 11.6 Å². The molecule has 2 aromatic rings. The molecule has 0 fully saturated rings. The van der Waals surface area contributed by atoms with Crippen LogP contribution in [-0.4, -0.2) is 12.2 Å². The molecule has 5 heteroatoms. The molecule has 2 aromatic carbocycles. The molecule has 20 heavy (non-hydrogen) atoms. The third-order valence-electron chi connectivity index (χ3n) is 2.99. The minimum atomic E-state index is -1.07. The van der Waals surface area contributed by atoms with E-state index >= 15 is 0 Å². The molecule has 0 spiro atoms. The van der Waals surface area contributed by atoms with Crippen molar-refractivity contribution in [1.82, 2.24) is 0 Å². The third kappa shape index (κ3) is 3.23. The molecule has 2 nitrogen and oxygen atoms in total. The maximum Gasteiger partial charge on any atom is 0.130 e. The molecule has 0 aliphatic carbocycles. The summed E-state index contributed by atoms with van der Waals surface area (Å²) >= 11 is 11.9. The number of benzene rings is 2. The van der Waals surface area contributed by atoms with Crippen LogP contribution in [0.2, 0.25) is 10.0 Å². The Morgan fingerprint density at radius 2 is 2.00 bits per heavy atom. The minimum absolute atomic E-state index is 0.0798. The van der Waals surface area contributed by atoms with E-state index in [1.54, 1.807) is 24.3 Å². The fraction of sp³-hybridized carbons (Fsp3) is 0.200. The van der Waals surface area contributed by atoms with Crippen LogP contribution in [0.15, 0.2) is 36.4 Å². The van der Waals surface area contributed by atoms with E-state index in [1.165, 1.54) is 19.2 Å². The van der Waals surface area contributed by atoms with Gasteiger partial charge < -0.3 is 9.84 Å². The number of rotatable bonds is 4. The molecule has 2 rings (SSSR count). The summed E-state index contributed by atoms with van der Waals surface area (Å²) in [5.41, 5.74) is 0.767. The lowest BCUT2D eigenvalue weighted by Gasteiger charge is -2.16. The summed E-state index contributed by atoms with van der Waals surface area (Å²) in [6.45, 7) is 0. The van der Waals surface area contributed by atoms with Gasteiger partial charge >= 0.3 is 0 Å². The second-order valence-corrected chi connectivity index (χ2v) is 5.16. The standard InChI is InChI=1S/C15H13Cl2FO2/c1-20-14-6-5-10(16)7-9(14)8-13(19)15-11(17)3-2-4-12(15)18/h2-7,13,19H,8H2,1H3. The number of hydrogen-bond donors (Lipinski definition) is 1. The molecule has 0 aromatic heterocycles. The Balaban J connectivity index is 2.32. The number of aliphatic hydroxyl groups excluding tert-OH is 1. The molecule has 0 aliphatic rings. The number of ether oxygens (including phenoxy) is 1. The Hall–Kier alpha value is -1.29. The predicted molar refractivity (Wildman–Crippen MR) is 78.1 cm³/mol. The lowest BCUT2D eigenvalue weighted by Crippen LogP contribution is -2.06. The van der Waals surface area contributed by atoms with E-state index in [9.17, 15) is 9.50 Å². The molecule has 0 radical (unpaired) electrons. The first-order valence-corrected chi connectivity index (χ1v) is 6.73. The highest BCUT2D eigenvalue weighted by molar-refractivity contribution is 6.31. The number of halogens is 3. The molecule has 0 heterocycles. The van der Waals surface area contributed by atoms with Crippen LogP contribution in [0.4, 0.5) is 4.39 Å². The maximum atomic E-state index is 13.8. The number of aliphatic hydroxyl groups is 1. The van der Waals surface area contributed by atoms with E-state index in [2.05, 4.69) is 0 Å². The Bertz CT molecular complexity index is 597. The van der Waals surface area contributed by atoms with Gasteiger partial charge in [0.25, 0.3) is 0 Å². The van der Waals surface area contributed by atoms with E-state index in [0.29, 0.717) is 16.3 Å². The van der Waals surface area contributed by atoms with Gasteiger partial charge in [-0.15, -0.1) is 0 Å². The molecule has 0 amide bonds. The Morgan fingerprint density at radius 3 is 2.65 bits per heavy atom. The topological polar surface area (TPSA) is 29.5 Å². The van der Waals surface area contributed by atoms with Crippen molar-refractivity contribution in [2.75, 3.05) is 7.11 Å². The van der Waals surface area contributed by atoms with Crippen molar-refractivity contribution in [3.63, 3.8) is 0 Å². The third-order valence-corrected chi connectivity index (χ3v) is 3.55. The van der Waals surface area contributed by atoms with Crippen LogP contribution in [0.5, 0.6) is 5.75 Å². The second-order valence-electron chi connectivity index (χ2n) is 4.31. The summed E-state index contributed by atoms with van der Waals surface area (Å²) in [6, 6.07) is 9.37. The van der Waals surface area contributed by atoms with Gasteiger partial charge in [-0.3, -0.25) is 0 Å². The van der Waals surface area contributed by atoms with Gasteiger partial charge in [0.05, 0.1) is 13.2 Å². The van der Waals surface area contributed by atoms with Crippen LogP contribution in [-0.2, 0) is 6.42 Å². The zero-order valence-corrected chi connectivity index (χ0v) is 12.2. The van der Waals surface area contributed by atoms with Crippen molar-refractivity contribution in [2.45, 2.75) is 12.5 Å². The largest absolute Gasteiger partial charge is 0.496 e. The van der Waals surface area contributed by atoms with Gasteiger partial charge in [0.2, 0.25) is 0 Å². The second kappa shape index (κ2) is 6.44. The van der Waals surface area contributed by atoms with E-state index < -0.39 is 11.9 Å². The smallest absolute Gasteiger partial charge is 0.130 e. The Morgan fingerprint density at radius 1 is 1.25 bits per heavy atom. The molecule has 1 N–H and O–H groups in total. The molecule has 0 bridgehead atoms. The molecule has 106 valence electrons. The molecule has 1 unspecified atom stereocenters. The van der Waals surface area contributed by atoms with Gasteiger partial charge in [-0.1, -0.05) is 29.3 Å². The Kier molecular flexibility index (Phi) is 4.86. The monoisotopic (exact) mass is 314 g/mol. The van der Waals surface area contributed by atoms with Crippen molar-refractivity contribution in [1.29, 1.82) is 0 Å². The molecular weight excluding hydrogens is 302 g/mol. The summed E-state index contributed by atoms with van der Waals surface area (Å²) in [4.78, 5) is 0. The predicted octanol–water partition coefficient (Wildman–Crippen LogP) is 4.42.